The lowest BCUT2D eigenvalue weighted by molar-refractivity contribution is -0.155. The summed E-state index contributed by atoms with van der Waals surface area (Å²) < 4.78 is 10.6. The van der Waals surface area contributed by atoms with Crippen LogP contribution in [0.3, 0.4) is 0 Å². The first kappa shape index (κ1) is 15.3. The van der Waals surface area contributed by atoms with E-state index in [9.17, 15) is 9.59 Å². The van der Waals surface area contributed by atoms with Crippen LogP contribution >= 0.6 is 0 Å². The fraction of sp³-hybridized carbons (Fsp3) is 0.867. The van der Waals surface area contributed by atoms with Crippen LogP contribution in [0.2, 0.25) is 0 Å². The van der Waals surface area contributed by atoms with Crippen molar-refractivity contribution in [2.24, 2.45) is 5.92 Å². The third-order valence-electron chi connectivity index (χ3n) is 4.19. The number of amides is 1. The Morgan fingerprint density at radius 2 is 1.85 bits per heavy atom. The summed E-state index contributed by atoms with van der Waals surface area (Å²) >= 11 is 0. The molecule has 114 valence electrons. The van der Waals surface area contributed by atoms with E-state index in [-0.39, 0.29) is 23.9 Å². The van der Waals surface area contributed by atoms with E-state index < -0.39 is 5.54 Å². The highest BCUT2D eigenvalue weighted by Gasteiger charge is 2.49. The molecule has 5 nitrogen and oxygen atoms in total. The van der Waals surface area contributed by atoms with E-state index in [1.807, 2.05) is 6.92 Å². The molecule has 0 spiro atoms. The maximum atomic E-state index is 12.3. The van der Waals surface area contributed by atoms with Crippen molar-refractivity contribution >= 4 is 11.9 Å². The van der Waals surface area contributed by atoms with Crippen molar-refractivity contribution in [3.63, 3.8) is 0 Å². The highest BCUT2D eigenvalue weighted by molar-refractivity contribution is 5.90. The quantitative estimate of drug-likeness (QED) is 0.755. The predicted octanol–water partition coefficient (Wildman–Crippen LogP) is 1.79. The number of carbonyl (C=O) groups is 2. The molecule has 0 bridgehead atoms. The van der Waals surface area contributed by atoms with Gasteiger partial charge in [0.1, 0.15) is 5.54 Å². The van der Waals surface area contributed by atoms with Crippen LogP contribution in [-0.2, 0) is 19.1 Å². The van der Waals surface area contributed by atoms with Crippen molar-refractivity contribution in [3.05, 3.63) is 0 Å². The SMILES string of the molecule is CCOC(=O)C1(NC(=O)C2CC2OCC)CCCCC1. The lowest BCUT2D eigenvalue weighted by Gasteiger charge is -2.35. The van der Waals surface area contributed by atoms with E-state index in [4.69, 9.17) is 9.47 Å². The Balaban J connectivity index is 1.97. The van der Waals surface area contributed by atoms with Gasteiger partial charge in [0.15, 0.2) is 0 Å². The third kappa shape index (κ3) is 3.32. The zero-order valence-electron chi connectivity index (χ0n) is 12.4. The lowest BCUT2D eigenvalue weighted by Crippen LogP contribution is -2.57. The van der Waals surface area contributed by atoms with Gasteiger partial charge in [-0.25, -0.2) is 4.79 Å². The summed E-state index contributed by atoms with van der Waals surface area (Å²) in [4.78, 5) is 24.5. The first-order chi connectivity index (χ1) is 9.63. The van der Waals surface area contributed by atoms with Crippen LogP contribution in [0.25, 0.3) is 0 Å². The molecular formula is C15H25NO4. The molecule has 2 rings (SSSR count). The Morgan fingerprint density at radius 3 is 2.45 bits per heavy atom. The van der Waals surface area contributed by atoms with Crippen molar-refractivity contribution in [1.82, 2.24) is 5.32 Å². The Hall–Kier alpha value is -1.10. The molecule has 0 saturated heterocycles. The maximum Gasteiger partial charge on any atom is 0.331 e. The lowest BCUT2D eigenvalue weighted by atomic mass is 9.81. The maximum absolute atomic E-state index is 12.3. The normalized spacial score (nSPS) is 27.7. The van der Waals surface area contributed by atoms with Gasteiger partial charge in [0.2, 0.25) is 5.91 Å². The molecule has 2 saturated carbocycles. The molecule has 2 atom stereocenters. The molecule has 5 heteroatoms. The van der Waals surface area contributed by atoms with Gasteiger partial charge in [0.05, 0.1) is 18.6 Å². The van der Waals surface area contributed by atoms with Gasteiger partial charge in [-0.1, -0.05) is 19.3 Å². The summed E-state index contributed by atoms with van der Waals surface area (Å²) in [5, 5.41) is 2.97. The first-order valence-corrected chi connectivity index (χ1v) is 7.74. The average molecular weight is 283 g/mol. The largest absolute Gasteiger partial charge is 0.464 e. The summed E-state index contributed by atoms with van der Waals surface area (Å²) in [6, 6.07) is 0. The number of carbonyl (C=O) groups excluding carboxylic acids is 2. The van der Waals surface area contributed by atoms with E-state index in [0.717, 1.165) is 25.7 Å². The molecule has 2 aliphatic rings. The molecule has 2 aliphatic carbocycles. The molecule has 0 aromatic carbocycles. The van der Waals surface area contributed by atoms with Gasteiger partial charge < -0.3 is 14.8 Å². The van der Waals surface area contributed by atoms with Crippen LogP contribution in [0.4, 0.5) is 0 Å². The summed E-state index contributed by atoms with van der Waals surface area (Å²) in [6.07, 6.45) is 5.19. The Labute approximate surface area is 120 Å². The number of esters is 1. The molecule has 0 heterocycles. The van der Waals surface area contributed by atoms with E-state index in [1.54, 1.807) is 6.92 Å². The molecule has 1 amide bonds. The van der Waals surface area contributed by atoms with Gasteiger partial charge >= 0.3 is 5.97 Å². The van der Waals surface area contributed by atoms with E-state index in [1.165, 1.54) is 0 Å². The molecular weight excluding hydrogens is 258 g/mol. The molecule has 0 radical (unpaired) electrons. The Morgan fingerprint density at radius 1 is 1.15 bits per heavy atom. The van der Waals surface area contributed by atoms with Gasteiger partial charge in [-0.15, -0.1) is 0 Å². The average Bonchev–Trinajstić information content (AvgIpc) is 3.20. The highest BCUT2D eigenvalue weighted by Crippen LogP contribution is 2.36. The molecule has 1 N–H and O–H groups in total. The molecule has 0 aromatic heterocycles. The van der Waals surface area contributed by atoms with Crippen LogP contribution in [0.15, 0.2) is 0 Å². The van der Waals surface area contributed by atoms with Crippen LogP contribution in [-0.4, -0.2) is 36.7 Å². The van der Waals surface area contributed by atoms with Gasteiger partial charge in [0, 0.05) is 6.61 Å². The third-order valence-corrected chi connectivity index (χ3v) is 4.19. The number of hydrogen-bond acceptors (Lipinski definition) is 4. The van der Waals surface area contributed by atoms with Crippen LogP contribution in [0, 0.1) is 5.92 Å². The second kappa shape index (κ2) is 6.57. The smallest absolute Gasteiger partial charge is 0.331 e. The Bertz CT molecular complexity index is 363. The van der Waals surface area contributed by atoms with Crippen molar-refractivity contribution in [3.8, 4) is 0 Å². The van der Waals surface area contributed by atoms with Gasteiger partial charge in [-0.3, -0.25) is 4.79 Å². The monoisotopic (exact) mass is 283 g/mol. The predicted molar refractivity (Wildman–Crippen MR) is 74.1 cm³/mol. The zero-order chi connectivity index (χ0) is 14.6. The van der Waals surface area contributed by atoms with Gasteiger partial charge in [-0.2, -0.15) is 0 Å². The van der Waals surface area contributed by atoms with Crippen LogP contribution in [0.5, 0.6) is 0 Å². The number of hydrogen-bond donors (Lipinski definition) is 1. The molecule has 0 aromatic rings. The highest BCUT2D eigenvalue weighted by atomic mass is 16.5. The topological polar surface area (TPSA) is 64.6 Å². The first-order valence-electron chi connectivity index (χ1n) is 7.74. The van der Waals surface area contributed by atoms with Crippen LogP contribution < -0.4 is 5.32 Å². The minimum atomic E-state index is -0.801. The van der Waals surface area contributed by atoms with Crippen molar-refractivity contribution in [2.75, 3.05) is 13.2 Å². The fourth-order valence-corrected chi connectivity index (χ4v) is 2.98. The second-order valence-electron chi connectivity index (χ2n) is 5.69. The molecule has 0 aliphatic heterocycles. The second-order valence-corrected chi connectivity index (χ2v) is 5.69. The van der Waals surface area contributed by atoms with E-state index in [2.05, 4.69) is 5.32 Å². The van der Waals surface area contributed by atoms with E-state index in [0.29, 0.717) is 26.1 Å². The van der Waals surface area contributed by atoms with Crippen LogP contribution in [0.1, 0.15) is 52.4 Å². The fourth-order valence-electron chi connectivity index (χ4n) is 2.98. The van der Waals surface area contributed by atoms with E-state index >= 15 is 0 Å². The summed E-state index contributed by atoms with van der Waals surface area (Å²) in [6.45, 7) is 4.69. The number of rotatable bonds is 6. The standard InChI is InChI=1S/C15H25NO4/c1-3-19-12-10-11(12)13(17)16-15(14(18)20-4-2)8-6-5-7-9-15/h11-12H,3-10H2,1-2H3,(H,16,17). The minimum Gasteiger partial charge on any atom is -0.464 e. The van der Waals surface area contributed by atoms with Gasteiger partial charge in [-0.05, 0) is 33.1 Å². The minimum absolute atomic E-state index is 0.0304. The molecule has 2 fully saturated rings. The zero-order valence-corrected chi connectivity index (χ0v) is 12.4. The Kier molecular flexibility index (Phi) is 5.02. The summed E-state index contributed by atoms with van der Waals surface area (Å²) in [5.41, 5.74) is -0.801. The summed E-state index contributed by atoms with van der Waals surface area (Å²) in [5.74, 6) is -0.428. The molecule has 20 heavy (non-hydrogen) atoms. The van der Waals surface area contributed by atoms with Crippen molar-refractivity contribution < 1.29 is 19.1 Å². The van der Waals surface area contributed by atoms with Crippen molar-refractivity contribution in [2.45, 2.75) is 64.0 Å². The number of nitrogens with one attached hydrogen (secondary N) is 1. The molecule has 2 unspecified atom stereocenters. The number of ether oxygens (including phenoxy) is 2. The van der Waals surface area contributed by atoms with Gasteiger partial charge in [0.25, 0.3) is 0 Å². The van der Waals surface area contributed by atoms with Crippen molar-refractivity contribution in [1.29, 1.82) is 0 Å². The summed E-state index contributed by atoms with van der Waals surface area (Å²) in [7, 11) is 0.